The van der Waals surface area contributed by atoms with Crippen LogP contribution in [0.1, 0.15) is 24.8 Å². The number of rotatable bonds is 8. The van der Waals surface area contributed by atoms with E-state index < -0.39 is 0 Å². The molecular weight excluding hydrogens is 230 g/mol. The van der Waals surface area contributed by atoms with E-state index in [0.29, 0.717) is 5.75 Å². The Morgan fingerprint density at radius 3 is 2.61 bits per heavy atom. The van der Waals surface area contributed by atoms with Crippen molar-refractivity contribution in [3.8, 4) is 11.5 Å². The van der Waals surface area contributed by atoms with E-state index in [1.165, 1.54) is 0 Å². The first-order valence-corrected chi connectivity index (χ1v) is 6.32. The zero-order chi connectivity index (χ0) is 13.4. The molecule has 0 aromatic heterocycles. The Labute approximate surface area is 109 Å². The van der Waals surface area contributed by atoms with Crippen molar-refractivity contribution >= 4 is 0 Å². The van der Waals surface area contributed by atoms with Crippen LogP contribution in [0.15, 0.2) is 18.2 Å². The van der Waals surface area contributed by atoms with Gasteiger partial charge in [0, 0.05) is 13.2 Å². The molecule has 0 fully saturated rings. The summed E-state index contributed by atoms with van der Waals surface area (Å²) in [4.78, 5) is 2.21. The van der Waals surface area contributed by atoms with Crippen molar-refractivity contribution in [3.63, 3.8) is 0 Å². The fourth-order valence-electron chi connectivity index (χ4n) is 1.89. The molecule has 0 spiro atoms. The van der Waals surface area contributed by atoms with E-state index in [-0.39, 0.29) is 12.4 Å². The average Bonchev–Trinajstić information content (AvgIpc) is 2.35. The Hall–Kier alpha value is -1.26. The van der Waals surface area contributed by atoms with Crippen molar-refractivity contribution in [3.05, 3.63) is 23.8 Å². The molecule has 0 saturated carbocycles. The molecular formula is C14H23NO3. The molecule has 0 amide bonds. The van der Waals surface area contributed by atoms with E-state index in [1.54, 1.807) is 19.2 Å². The van der Waals surface area contributed by atoms with Gasteiger partial charge in [-0.3, -0.25) is 0 Å². The van der Waals surface area contributed by atoms with Crippen LogP contribution in [0.4, 0.5) is 0 Å². The molecule has 0 unspecified atom stereocenters. The first-order chi connectivity index (χ1) is 8.67. The quantitative estimate of drug-likeness (QED) is 0.696. The molecule has 0 radical (unpaired) electrons. The highest BCUT2D eigenvalue weighted by Crippen LogP contribution is 2.26. The van der Waals surface area contributed by atoms with Crippen molar-refractivity contribution in [1.82, 2.24) is 4.90 Å². The van der Waals surface area contributed by atoms with Gasteiger partial charge in [-0.05, 0) is 50.6 Å². The van der Waals surface area contributed by atoms with Crippen molar-refractivity contribution in [2.45, 2.75) is 25.8 Å². The van der Waals surface area contributed by atoms with Crippen molar-refractivity contribution in [2.75, 3.05) is 27.3 Å². The zero-order valence-electron chi connectivity index (χ0n) is 11.2. The predicted octanol–water partition coefficient (Wildman–Crippen LogP) is 2.00. The van der Waals surface area contributed by atoms with Crippen LogP contribution >= 0.6 is 0 Å². The van der Waals surface area contributed by atoms with Crippen LogP contribution in [0, 0.1) is 0 Å². The number of phenolic OH excluding ortho intramolecular Hbond substituents is 1. The summed E-state index contributed by atoms with van der Waals surface area (Å²) in [6.45, 7) is 2.07. The standard InChI is InChI=1S/C14H23NO3/c1-15(8-4-3-5-9-16)11-12-6-7-14(18-2)13(17)10-12/h6-7,10,16-17H,3-5,8-9,11H2,1-2H3. The third kappa shape index (κ3) is 4.94. The minimum Gasteiger partial charge on any atom is -0.504 e. The summed E-state index contributed by atoms with van der Waals surface area (Å²) >= 11 is 0. The maximum absolute atomic E-state index is 9.68. The molecule has 0 atom stereocenters. The summed E-state index contributed by atoms with van der Waals surface area (Å²) in [5.41, 5.74) is 1.07. The topological polar surface area (TPSA) is 52.9 Å². The Morgan fingerprint density at radius 2 is 2.00 bits per heavy atom. The maximum Gasteiger partial charge on any atom is 0.160 e. The Balaban J connectivity index is 2.39. The Bertz CT molecular complexity index is 355. The maximum atomic E-state index is 9.68. The van der Waals surface area contributed by atoms with Gasteiger partial charge in [-0.15, -0.1) is 0 Å². The van der Waals surface area contributed by atoms with Crippen molar-refractivity contribution in [1.29, 1.82) is 0 Å². The molecule has 1 aromatic carbocycles. The van der Waals surface area contributed by atoms with Gasteiger partial charge in [-0.1, -0.05) is 6.07 Å². The van der Waals surface area contributed by atoms with Crippen LogP contribution in [0.25, 0.3) is 0 Å². The molecule has 0 saturated heterocycles. The normalized spacial score (nSPS) is 10.9. The van der Waals surface area contributed by atoms with Gasteiger partial charge in [0.05, 0.1) is 7.11 Å². The lowest BCUT2D eigenvalue weighted by Crippen LogP contribution is -2.19. The van der Waals surface area contributed by atoms with Gasteiger partial charge in [-0.2, -0.15) is 0 Å². The number of methoxy groups -OCH3 is 1. The lowest BCUT2D eigenvalue weighted by Gasteiger charge is -2.17. The molecule has 18 heavy (non-hydrogen) atoms. The highest BCUT2D eigenvalue weighted by molar-refractivity contribution is 5.41. The average molecular weight is 253 g/mol. The van der Waals surface area contributed by atoms with Crippen LogP contribution in [-0.2, 0) is 6.54 Å². The number of hydrogen-bond donors (Lipinski definition) is 2. The Morgan fingerprint density at radius 1 is 1.22 bits per heavy atom. The first-order valence-electron chi connectivity index (χ1n) is 6.32. The molecule has 1 rings (SSSR count). The van der Waals surface area contributed by atoms with Crippen molar-refractivity contribution < 1.29 is 14.9 Å². The van der Waals surface area contributed by atoms with Crippen LogP contribution in [0.3, 0.4) is 0 Å². The van der Waals surface area contributed by atoms with Crippen LogP contribution in [0.5, 0.6) is 11.5 Å². The van der Waals surface area contributed by atoms with Crippen LogP contribution < -0.4 is 4.74 Å². The number of nitrogens with zero attached hydrogens (tertiary/aromatic N) is 1. The summed E-state index contributed by atoms with van der Waals surface area (Å²) in [6.07, 6.45) is 3.01. The number of phenols is 1. The van der Waals surface area contributed by atoms with E-state index >= 15 is 0 Å². The second-order valence-electron chi connectivity index (χ2n) is 4.53. The number of ether oxygens (including phenoxy) is 1. The van der Waals surface area contributed by atoms with Gasteiger partial charge >= 0.3 is 0 Å². The molecule has 4 nitrogen and oxygen atoms in total. The molecule has 0 bridgehead atoms. The molecule has 4 heteroatoms. The molecule has 1 aromatic rings. The summed E-state index contributed by atoms with van der Waals surface area (Å²) in [6, 6.07) is 5.48. The van der Waals surface area contributed by atoms with E-state index in [1.807, 2.05) is 6.07 Å². The van der Waals surface area contributed by atoms with Gasteiger partial charge in [0.25, 0.3) is 0 Å². The number of aliphatic hydroxyl groups is 1. The number of aromatic hydroxyl groups is 1. The number of unbranched alkanes of at least 4 members (excludes halogenated alkanes) is 2. The van der Waals surface area contributed by atoms with E-state index in [0.717, 1.165) is 37.9 Å². The number of hydrogen-bond acceptors (Lipinski definition) is 4. The van der Waals surface area contributed by atoms with Gasteiger partial charge < -0.3 is 19.8 Å². The third-order valence-electron chi connectivity index (χ3n) is 2.89. The molecule has 0 heterocycles. The third-order valence-corrected chi connectivity index (χ3v) is 2.89. The molecule has 0 aliphatic heterocycles. The predicted molar refractivity (Wildman–Crippen MR) is 71.9 cm³/mol. The fraction of sp³-hybridized carbons (Fsp3) is 0.571. The molecule has 0 aliphatic rings. The molecule has 0 aliphatic carbocycles. The number of benzene rings is 1. The van der Waals surface area contributed by atoms with Crippen LogP contribution in [-0.4, -0.2) is 42.4 Å². The highest BCUT2D eigenvalue weighted by atomic mass is 16.5. The zero-order valence-corrected chi connectivity index (χ0v) is 11.2. The van der Waals surface area contributed by atoms with E-state index in [9.17, 15) is 5.11 Å². The monoisotopic (exact) mass is 253 g/mol. The lowest BCUT2D eigenvalue weighted by atomic mass is 10.2. The molecule has 2 N–H and O–H groups in total. The smallest absolute Gasteiger partial charge is 0.160 e. The minimum absolute atomic E-state index is 0.184. The highest BCUT2D eigenvalue weighted by Gasteiger charge is 2.05. The summed E-state index contributed by atoms with van der Waals surface area (Å²) in [7, 11) is 3.60. The lowest BCUT2D eigenvalue weighted by molar-refractivity contribution is 0.271. The SMILES string of the molecule is COc1ccc(CN(C)CCCCCO)cc1O. The van der Waals surface area contributed by atoms with Gasteiger partial charge in [0.1, 0.15) is 0 Å². The second kappa shape index (κ2) is 7.95. The van der Waals surface area contributed by atoms with Gasteiger partial charge in [0.15, 0.2) is 11.5 Å². The molecule has 102 valence electrons. The summed E-state index contributed by atoms with van der Waals surface area (Å²) < 4.78 is 5.01. The summed E-state index contributed by atoms with van der Waals surface area (Å²) in [5, 5.41) is 18.4. The number of aliphatic hydroxyl groups excluding tert-OH is 1. The van der Waals surface area contributed by atoms with E-state index in [2.05, 4.69) is 11.9 Å². The fourth-order valence-corrected chi connectivity index (χ4v) is 1.89. The van der Waals surface area contributed by atoms with Gasteiger partial charge in [0.2, 0.25) is 0 Å². The Kier molecular flexibility index (Phi) is 6.54. The largest absolute Gasteiger partial charge is 0.504 e. The summed E-state index contributed by atoms with van der Waals surface area (Å²) in [5.74, 6) is 0.688. The first kappa shape index (κ1) is 14.8. The van der Waals surface area contributed by atoms with Crippen LogP contribution in [0.2, 0.25) is 0 Å². The van der Waals surface area contributed by atoms with Crippen molar-refractivity contribution in [2.24, 2.45) is 0 Å². The minimum atomic E-state index is 0.184. The van der Waals surface area contributed by atoms with E-state index in [4.69, 9.17) is 9.84 Å². The van der Waals surface area contributed by atoms with Gasteiger partial charge in [-0.25, -0.2) is 0 Å². The second-order valence-corrected chi connectivity index (χ2v) is 4.53.